The fourth-order valence-electron chi connectivity index (χ4n) is 2.57. The van der Waals surface area contributed by atoms with Gasteiger partial charge in [0.15, 0.2) is 0 Å². The Labute approximate surface area is 142 Å². The van der Waals surface area contributed by atoms with Crippen molar-refractivity contribution in [2.45, 2.75) is 97.1 Å². The maximum Gasteiger partial charge on any atom is 0.222 e. The highest BCUT2D eigenvalue weighted by atomic mass is 16.9. The molecule has 0 aliphatic carbocycles. The SMILES string of the molecule is CCCCCCCCCCCCCOCCC(O)[N+]([O-])(O)CC. The lowest BCUT2D eigenvalue weighted by molar-refractivity contribution is -1.10. The summed E-state index contributed by atoms with van der Waals surface area (Å²) in [5.41, 5.74) is 0. The second-order valence-corrected chi connectivity index (χ2v) is 6.49. The standard InChI is InChI=1S/C18H39NO4/c1-3-5-6-7-8-9-10-11-12-13-14-16-23-17-15-18(20)19(21,22)4-2/h18,20-21H,3-17H2,1-2H3. The molecule has 23 heavy (non-hydrogen) atoms. The summed E-state index contributed by atoms with van der Waals surface area (Å²) < 4.78 is 5.41. The highest BCUT2D eigenvalue weighted by molar-refractivity contribution is 4.48. The maximum atomic E-state index is 11.3. The van der Waals surface area contributed by atoms with E-state index in [9.17, 15) is 15.5 Å². The summed E-state index contributed by atoms with van der Waals surface area (Å²) in [4.78, 5) is -1.60. The quantitative estimate of drug-likeness (QED) is 0.174. The molecule has 0 aromatic heterocycles. The summed E-state index contributed by atoms with van der Waals surface area (Å²) >= 11 is 0. The molecule has 0 heterocycles. The first kappa shape index (κ1) is 22.8. The highest BCUT2D eigenvalue weighted by Crippen LogP contribution is 2.12. The van der Waals surface area contributed by atoms with Gasteiger partial charge in [-0.3, -0.25) is 0 Å². The van der Waals surface area contributed by atoms with Crippen molar-refractivity contribution in [2.24, 2.45) is 0 Å². The van der Waals surface area contributed by atoms with Crippen LogP contribution < -0.4 is 0 Å². The molecule has 0 amide bonds. The molecule has 0 saturated heterocycles. The van der Waals surface area contributed by atoms with Gasteiger partial charge >= 0.3 is 0 Å². The number of aliphatic hydroxyl groups excluding tert-OH is 1. The van der Waals surface area contributed by atoms with Gasteiger partial charge in [0.2, 0.25) is 6.23 Å². The number of hydrogen-bond donors (Lipinski definition) is 2. The molecule has 0 rings (SSSR count). The molecule has 0 fully saturated rings. The fraction of sp³-hybridized carbons (Fsp3) is 1.00. The molecule has 2 unspecified atom stereocenters. The third-order valence-corrected chi connectivity index (χ3v) is 4.33. The summed E-state index contributed by atoms with van der Waals surface area (Å²) in [6, 6.07) is 0. The van der Waals surface area contributed by atoms with Crippen LogP contribution in [0.2, 0.25) is 0 Å². The number of ether oxygens (including phenoxy) is 1. The molecule has 0 radical (unpaired) electrons. The Hall–Kier alpha value is -0.200. The van der Waals surface area contributed by atoms with Crippen molar-refractivity contribution in [3.8, 4) is 0 Å². The number of aliphatic hydroxyl groups is 1. The summed E-state index contributed by atoms with van der Waals surface area (Å²) in [6.07, 6.45) is 13.2. The number of hydrogen-bond acceptors (Lipinski definition) is 4. The number of hydroxylamine groups is 4. The zero-order valence-electron chi connectivity index (χ0n) is 15.3. The van der Waals surface area contributed by atoms with Gasteiger partial charge < -0.3 is 15.1 Å². The predicted octanol–water partition coefficient (Wildman–Crippen LogP) is 4.75. The van der Waals surface area contributed by atoms with Crippen LogP contribution in [0.3, 0.4) is 0 Å². The molecule has 0 aromatic carbocycles. The average molecular weight is 334 g/mol. The van der Waals surface area contributed by atoms with Crippen molar-refractivity contribution < 1.29 is 19.9 Å². The van der Waals surface area contributed by atoms with Crippen LogP contribution in [-0.2, 0) is 4.74 Å². The van der Waals surface area contributed by atoms with Crippen molar-refractivity contribution >= 4 is 0 Å². The number of unbranched alkanes of at least 4 members (excludes halogenated alkanes) is 10. The molecule has 0 saturated carbocycles. The van der Waals surface area contributed by atoms with E-state index in [1.54, 1.807) is 6.92 Å². The molecular weight excluding hydrogens is 294 g/mol. The highest BCUT2D eigenvalue weighted by Gasteiger charge is 2.22. The van der Waals surface area contributed by atoms with E-state index in [4.69, 9.17) is 4.74 Å². The summed E-state index contributed by atoms with van der Waals surface area (Å²) in [7, 11) is 0. The Morgan fingerprint density at radius 3 is 1.78 bits per heavy atom. The molecule has 0 aromatic rings. The molecule has 0 bridgehead atoms. The third kappa shape index (κ3) is 13.9. The Balaban J connectivity index is 3.19. The van der Waals surface area contributed by atoms with Gasteiger partial charge in [-0.1, -0.05) is 71.1 Å². The molecule has 2 atom stereocenters. The van der Waals surface area contributed by atoms with E-state index in [-0.39, 0.29) is 13.0 Å². The molecule has 5 nitrogen and oxygen atoms in total. The Bertz CT molecular complexity index is 249. The third-order valence-electron chi connectivity index (χ3n) is 4.33. The van der Waals surface area contributed by atoms with Crippen molar-refractivity contribution in [1.29, 1.82) is 0 Å². The van der Waals surface area contributed by atoms with Crippen molar-refractivity contribution in [3.05, 3.63) is 5.21 Å². The monoisotopic (exact) mass is 333 g/mol. The van der Waals surface area contributed by atoms with E-state index in [2.05, 4.69) is 6.92 Å². The van der Waals surface area contributed by atoms with Crippen molar-refractivity contribution in [1.82, 2.24) is 0 Å². The summed E-state index contributed by atoms with van der Waals surface area (Å²) in [5.74, 6) is 0. The minimum atomic E-state index is -1.60. The average Bonchev–Trinajstić information content (AvgIpc) is 2.54. The van der Waals surface area contributed by atoms with Gasteiger partial charge in [0.1, 0.15) is 6.54 Å². The van der Waals surface area contributed by atoms with Gasteiger partial charge in [0.25, 0.3) is 0 Å². The van der Waals surface area contributed by atoms with Crippen LogP contribution in [0.5, 0.6) is 0 Å². The van der Waals surface area contributed by atoms with Gasteiger partial charge in [0.05, 0.1) is 13.0 Å². The fourth-order valence-corrected chi connectivity index (χ4v) is 2.57. The van der Waals surface area contributed by atoms with Crippen LogP contribution in [0.1, 0.15) is 90.9 Å². The maximum absolute atomic E-state index is 11.3. The van der Waals surface area contributed by atoms with Gasteiger partial charge in [-0.05, 0) is 13.3 Å². The second kappa shape index (κ2) is 15.3. The van der Waals surface area contributed by atoms with E-state index in [0.29, 0.717) is 13.2 Å². The van der Waals surface area contributed by atoms with Crippen LogP contribution in [0.4, 0.5) is 0 Å². The molecule has 140 valence electrons. The normalized spacial score (nSPS) is 15.5. The van der Waals surface area contributed by atoms with Crippen molar-refractivity contribution in [2.75, 3.05) is 19.8 Å². The van der Waals surface area contributed by atoms with Gasteiger partial charge in [-0.25, -0.2) is 5.21 Å². The van der Waals surface area contributed by atoms with Gasteiger partial charge in [0, 0.05) is 6.61 Å². The van der Waals surface area contributed by atoms with Gasteiger partial charge in [-0.15, -0.1) is 0 Å². The summed E-state index contributed by atoms with van der Waals surface area (Å²) in [5, 5.41) is 30.1. The number of quaternary nitrogens is 1. The Kier molecular flexibility index (Phi) is 15.2. The van der Waals surface area contributed by atoms with E-state index < -0.39 is 11.0 Å². The topological polar surface area (TPSA) is 72.8 Å². The van der Waals surface area contributed by atoms with E-state index in [0.717, 1.165) is 6.42 Å². The zero-order chi connectivity index (χ0) is 17.4. The predicted molar refractivity (Wildman–Crippen MR) is 93.9 cm³/mol. The van der Waals surface area contributed by atoms with Crippen LogP contribution >= 0.6 is 0 Å². The number of rotatable bonds is 17. The van der Waals surface area contributed by atoms with Crippen LogP contribution in [0.25, 0.3) is 0 Å². The van der Waals surface area contributed by atoms with Crippen LogP contribution in [0.15, 0.2) is 0 Å². The second-order valence-electron chi connectivity index (χ2n) is 6.49. The van der Waals surface area contributed by atoms with E-state index >= 15 is 0 Å². The lowest BCUT2D eigenvalue weighted by atomic mass is 10.1. The zero-order valence-corrected chi connectivity index (χ0v) is 15.3. The first-order chi connectivity index (χ1) is 11.0. The van der Waals surface area contributed by atoms with E-state index in [1.807, 2.05) is 0 Å². The first-order valence-corrected chi connectivity index (χ1v) is 9.62. The first-order valence-electron chi connectivity index (χ1n) is 9.62. The lowest BCUT2D eigenvalue weighted by Gasteiger charge is -2.36. The Morgan fingerprint density at radius 2 is 1.30 bits per heavy atom. The summed E-state index contributed by atoms with van der Waals surface area (Å²) in [6.45, 7) is 4.73. The molecule has 0 aliphatic heterocycles. The molecule has 2 N–H and O–H groups in total. The van der Waals surface area contributed by atoms with Crippen molar-refractivity contribution in [3.63, 3.8) is 0 Å². The molecule has 0 aliphatic rings. The lowest BCUT2D eigenvalue weighted by Crippen LogP contribution is -2.48. The smallest absolute Gasteiger partial charge is 0.222 e. The van der Waals surface area contributed by atoms with E-state index in [1.165, 1.54) is 64.2 Å². The van der Waals surface area contributed by atoms with Crippen LogP contribution in [-0.4, -0.2) is 41.1 Å². The minimum absolute atomic E-state index is 0.0558. The molecular formula is C18H39NO4. The van der Waals surface area contributed by atoms with Gasteiger partial charge in [-0.2, -0.15) is 4.81 Å². The largest absolute Gasteiger partial charge is 0.596 e. The minimum Gasteiger partial charge on any atom is -0.596 e. The molecule has 5 heteroatoms. The Morgan fingerprint density at radius 1 is 0.826 bits per heavy atom. The van der Waals surface area contributed by atoms with Crippen LogP contribution in [0, 0.1) is 5.21 Å². The molecule has 0 spiro atoms. The number of nitrogens with zero attached hydrogens (tertiary/aromatic N) is 1.